The Bertz CT molecular complexity index is 523. The third-order valence-electron chi connectivity index (χ3n) is 2.95. The molecule has 3 heteroatoms. The van der Waals surface area contributed by atoms with Gasteiger partial charge in [-0.05, 0) is 36.6 Å². The normalized spacial score (nSPS) is 12.1. The third-order valence-corrected chi connectivity index (χ3v) is 2.95. The first kappa shape index (κ1) is 11.5. The number of aryl methyl sites for hydroxylation is 2. The van der Waals surface area contributed by atoms with E-state index in [9.17, 15) is 4.91 Å². The van der Waals surface area contributed by atoms with E-state index in [1.165, 1.54) is 11.1 Å². The molecule has 1 atom stereocenters. The van der Waals surface area contributed by atoms with Crippen molar-refractivity contribution in [3.05, 3.63) is 69.9 Å². The van der Waals surface area contributed by atoms with E-state index < -0.39 is 6.04 Å². The van der Waals surface area contributed by atoms with Crippen LogP contribution in [0.3, 0.4) is 0 Å². The van der Waals surface area contributed by atoms with Gasteiger partial charge in [-0.3, -0.25) is 4.98 Å². The zero-order valence-electron chi connectivity index (χ0n) is 9.92. The molecule has 0 spiro atoms. The number of rotatable bonds is 3. The highest BCUT2D eigenvalue weighted by Crippen LogP contribution is 2.26. The summed E-state index contributed by atoms with van der Waals surface area (Å²) in [6.45, 7) is 4.08. The Balaban J connectivity index is 2.42. The van der Waals surface area contributed by atoms with Gasteiger partial charge in [-0.25, -0.2) is 0 Å². The minimum Gasteiger partial charge on any atom is -0.264 e. The van der Waals surface area contributed by atoms with Crippen LogP contribution in [0.25, 0.3) is 0 Å². The minimum atomic E-state index is -0.469. The van der Waals surface area contributed by atoms with Gasteiger partial charge in [0.05, 0.1) is 0 Å². The first-order valence-electron chi connectivity index (χ1n) is 5.52. The monoisotopic (exact) mass is 226 g/mol. The van der Waals surface area contributed by atoms with Crippen molar-refractivity contribution in [2.75, 3.05) is 0 Å². The van der Waals surface area contributed by atoms with E-state index in [2.05, 4.69) is 10.2 Å². The van der Waals surface area contributed by atoms with Crippen molar-refractivity contribution < 1.29 is 0 Å². The van der Waals surface area contributed by atoms with Gasteiger partial charge in [-0.1, -0.05) is 29.4 Å². The summed E-state index contributed by atoms with van der Waals surface area (Å²) < 4.78 is 0. The third kappa shape index (κ3) is 2.38. The molecule has 0 saturated carbocycles. The van der Waals surface area contributed by atoms with Crippen LogP contribution in [0.2, 0.25) is 0 Å². The van der Waals surface area contributed by atoms with Gasteiger partial charge >= 0.3 is 0 Å². The van der Waals surface area contributed by atoms with Crippen molar-refractivity contribution >= 4 is 0 Å². The van der Waals surface area contributed by atoms with Crippen molar-refractivity contribution in [2.24, 2.45) is 5.18 Å². The fourth-order valence-electron chi connectivity index (χ4n) is 1.79. The number of nitroso groups, excluding NO2 is 1. The summed E-state index contributed by atoms with van der Waals surface area (Å²) in [5.41, 5.74) is 4.12. The van der Waals surface area contributed by atoms with Gasteiger partial charge < -0.3 is 0 Å². The Morgan fingerprint density at radius 2 is 1.94 bits per heavy atom. The number of pyridine rings is 1. The smallest absolute Gasteiger partial charge is 0.143 e. The Hall–Kier alpha value is -2.03. The molecule has 1 heterocycles. The van der Waals surface area contributed by atoms with Crippen LogP contribution in [0.5, 0.6) is 0 Å². The molecule has 0 amide bonds. The zero-order chi connectivity index (χ0) is 12.3. The largest absolute Gasteiger partial charge is 0.264 e. The highest BCUT2D eigenvalue weighted by Gasteiger charge is 2.14. The molecule has 0 fully saturated rings. The van der Waals surface area contributed by atoms with Gasteiger partial charge in [-0.15, -0.1) is 4.91 Å². The summed E-state index contributed by atoms with van der Waals surface area (Å²) in [6.07, 6.45) is 3.37. The topological polar surface area (TPSA) is 42.3 Å². The van der Waals surface area contributed by atoms with E-state index in [1.54, 1.807) is 12.4 Å². The Kier molecular flexibility index (Phi) is 3.28. The number of benzene rings is 1. The quantitative estimate of drug-likeness (QED) is 0.751. The van der Waals surface area contributed by atoms with Crippen molar-refractivity contribution in [3.8, 4) is 0 Å². The summed E-state index contributed by atoms with van der Waals surface area (Å²) in [7, 11) is 0. The summed E-state index contributed by atoms with van der Waals surface area (Å²) in [6, 6.07) is 9.18. The lowest BCUT2D eigenvalue weighted by atomic mass is 9.97. The van der Waals surface area contributed by atoms with Crippen LogP contribution < -0.4 is 0 Å². The summed E-state index contributed by atoms with van der Waals surface area (Å²) in [5.74, 6) is 0. The second kappa shape index (κ2) is 4.87. The Labute approximate surface area is 100 Å². The molecule has 2 rings (SSSR count). The van der Waals surface area contributed by atoms with Gasteiger partial charge in [-0.2, -0.15) is 0 Å². The maximum Gasteiger partial charge on any atom is 0.143 e. The Morgan fingerprint density at radius 3 is 2.53 bits per heavy atom. The van der Waals surface area contributed by atoms with E-state index in [0.29, 0.717) is 0 Å². The van der Waals surface area contributed by atoms with Gasteiger partial charge in [0.1, 0.15) is 6.04 Å². The molecule has 0 aliphatic rings. The molecule has 0 N–H and O–H groups in total. The molecular weight excluding hydrogens is 212 g/mol. The SMILES string of the molecule is Cc1ccc(C(N=O)c2cccnc2)cc1C. The maximum atomic E-state index is 11.0. The summed E-state index contributed by atoms with van der Waals surface area (Å²) in [5, 5.41) is 3.21. The first-order valence-corrected chi connectivity index (χ1v) is 5.52. The van der Waals surface area contributed by atoms with Crippen LogP contribution in [0.4, 0.5) is 0 Å². The van der Waals surface area contributed by atoms with Crippen molar-refractivity contribution in [3.63, 3.8) is 0 Å². The molecule has 86 valence electrons. The maximum absolute atomic E-state index is 11.0. The van der Waals surface area contributed by atoms with E-state index in [-0.39, 0.29) is 0 Å². The molecule has 1 aromatic heterocycles. The molecule has 3 nitrogen and oxygen atoms in total. The van der Waals surface area contributed by atoms with Gasteiger partial charge in [0, 0.05) is 18.0 Å². The van der Waals surface area contributed by atoms with E-state index in [1.807, 2.05) is 44.2 Å². The van der Waals surface area contributed by atoms with E-state index in [4.69, 9.17) is 0 Å². The van der Waals surface area contributed by atoms with E-state index in [0.717, 1.165) is 11.1 Å². The fraction of sp³-hybridized carbons (Fsp3) is 0.214. The van der Waals surface area contributed by atoms with Crippen LogP contribution in [0, 0.1) is 18.8 Å². The Morgan fingerprint density at radius 1 is 1.12 bits per heavy atom. The number of hydrogen-bond donors (Lipinski definition) is 0. The first-order chi connectivity index (χ1) is 8.22. The molecule has 1 unspecified atom stereocenters. The molecule has 0 aliphatic heterocycles. The predicted molar refractivity (Wildman–Crippen MR) is 67.8 cm³/mol. The second-order valence-corrected chi connectivity index (χ2v) is 4.14. The molecule has 0 saturated heterocycles. The second-order valence-electron chi connectivity index (χ2n) is 4.14. The average molecular weight is 226 g/mol. The van der Waals surface area contributed by atoms with Gasteiger partial charge in [0.2, 0.25) is 0 Å². The molecule has 0 radical (unpaired) electrons. The fourth-order valence-corrected chi connectivity index (χ4v) is 1.79. The lowest BCUT2D eigenvalue weighted by Crippen LogP contribution is -1.98. The summed E-state index contributed by atoms with van der Waals surface area (Å²) >= 11 is 0. The lowest BCUT2D eigenvalue weighted by molar-refractivity contribution is 0.853. The lowest BCUT2D eigenvalue weighted by Gasteiger charge is -2.11. The average Bonchev–Trinajstić information content (AvgIpc) is 2.36. The highest BCUT2D eigenvalue weighted by atomic mass is 16.3. The number of nitrogens with zero attached hydrogens (tertiary/aromatic N) is 2. The number of aromatic nitrogens is 1. The standard InChI is InChI=1S/C14H14N2O/c1-10-5-6-12(8-11(10)2)14(16-17)13-4-3-7-15-9-13/h3-9,14H,1-2H3. The molecule has 0 aliphatic carbocycles. The molecule has 0 bridgehead atoms. The molecule has 2 aromatic rings. The van der Waals surface area contributed by atoms with E-state index >= 15 is 0 Å². The van der Waals surface area contributed by atoms with Crippen molar-refractivity contribution in [1.29, 1.82) is 0 Å². The van der Waals surface area contributed by atoms with Gasteiger partial charge in [0.15, 0.2) is 0 Å². The number of hydrogen-bond acceptors (Lipinski definition) is 3. The molecule has 17 heavy (non-hydrogen) atoms. The molecular formula is C14H14N2O. The van der Waals surface area contributed by atoms with Crippen LogP contribution in [0.15, 0.2) is 47.9 Å². The van der Waals surface area contributed by atoms with Crippen LogP contribution in [-0.4, -0.2) is 4.98 Å². The van der Waals surface area contributed by atoms with Gasteiger partial charge in [0.25, 0.3) is 0 Å². The van der Waals surface area contributed by atoms with Crippen molar-refractivity contribution in [2.45, 2.75) is 19.9 Å². The van der Waals surface area contributed by atoms with Crippen LogP contribution in [-0.2, 0) is 0 Å². The zero-order valence-corrected chi connectivity index (χ0v) is 9.92. The molecule has 1 aromatic carbocycles. The van der Waals surface area contributed by atoms with Crippen molar-refractivity contribution in [1.82, 2.24) is 4.98 Å². The summed E-state index contributed by atoms with van der Waals surface area (Å²) in [4.78, 5) is 15.0. The van der Waals surface area contributed by atoms with Crippen LogP contribution >= 0.6 is 0 Å². The highest BCUT2D eigenvalue weighted by molar-refractivity contribution is 5.36. The minimum absolute atomic E-state index is 0.469. The predicted octanol–water partition coefficient (Wildman–Crippen LogP) is 3.55. The van der Waals surface area contributed by atoms with Crippen LogP contribution in [0.1, 0.15) is 28.3 Å².